The normalized spacial score (nSPS) is 11.0. The molecule has 0 amide bonds. The molecule has 0 unspecified atom stereocenters. The third-order valence-electron chi connectivity index (χ3n) is 3.53. The van der Waals surface area contributed by atoms with Crippen LogP contribution in [-0.4, -0.2) is 5.75 Å². The minimum atomic E-state index is 0.607. The molecule has 0 heterocycles. The number of hydrogen-bond donors (Lipinski definition) is 0. The van der Waals surface area contributed by atoms with E-state index in [4.69, 9.17) is 0 Å². The second-order valence-corrected chi connectivity index (χ2v) is 7.45. The quantitative estimate of drug-likeness (QED) is 0.488. The lowest BCUT2D eigenvalue weighted by Gasteiger charge is -2.22. The van der Waals surface area contributed by atoms with E-state index in [0.29, 0.717) is 17.8 Å². The van der Waals surface area contributed by atoms with Crippen LogP contribution in [0.5, 0.6) is 0 Å². The number of benzene rings is 1. The molecule has 0 aliphatic heterocycles. The fraction of sp³-hybridized carbons (Fsp3) is 0.700. The molecular weight excluding hydrogens is 272 g/mol. The number of rotatable bonds is 6. The largest absolute Gasteiger partial charge is 0.126 e. The van der Waals surface area contributed by atoms with Crippen molar-refractivity contribution in [2.75, 3.05) is 5.75 Å². The highest BCUT2D eigenvalue weighted by Gasteiger charge is 2.17. The maximum Gasteiger partial charge on any atom is 0.0141 e. The van der Waals surface area contributed by atoms with Crippen LogP contribution in [0, 0.1) is 0 Å². The third-order valence-corrected chi connectivity index (χ3v) is 4.90. The first-order chi connectivity index (χ1) is 9.88. The van der Waals surface area contributed by atoms with E-state index in [2.05, 4.69) is 72.4 Å². The molecule has 0 N–H and O–H groups in total. The van der Waals surface area contributed by atoms with Crippen molar-refractivity contribution in [3.63, 3.8) is 0 Å². The highest BCUT2D eigenvalue weighted by Crippen LogP contribution is 2.38. The molecule has 1 rings (SSSR count). The maximum absolute atomic E-state index is 2.44. The summed E-state index contributed by atoms with van der Waals surface area (Å²) >= 11 is 2.05. The van der Waals surface area contributed by atoms with Crippen LogP contribution in [0.25, 0.3) is 0 Å². The first-order valence-corrected chi connectivity index (χ1v) is 9.67. The zero-order valence-corrected chi connectivity index (χ0v) is 16.5. The van der Waals surface area contributed by atoms with Crippen molar-refractivity contribution in [1.82, 2.24) is 0 Å². The lowest BCUT2D eigenvalue weighted by molar-refractivity contribution is 0.771. The van der Waals surface area contributed by atoms with Gasteiger partial charge in [-0.15, -0.1) is 11.8 Å². The van der Waals surface area contributed by atoms with Crippen LogP contribution in [-0.2, 0) is 0 Å². The SMILES string of the molecule is CC.CCCSc1c(C(C)C)cc(C(C)C)cc1C(C)C. The molecule has 1 aromatic carbocycles. The van der Waals surface area contributed by atoms with Crippen LogP contribution >= 0.6 is 11.8 Å². The van der Waals surface area contributed by atoms with E-state index in [9.17, 15) is 0 Å². The van der Waals surface area contributed by atoms with E-state index in [0.717, 1.165) is 0 Å². The van der Waals surface area contributed by atoms with Gasteiger partial charge in [0.1, 0.15) is 0 Å². The van der Waals surface area contributed by atoms with Crippen molar-refractivity contribution in [3.8, 4) is 0 Å². The highest BCUT2D eigenvalue weighted by atomic mass is 32.2. The molecule has 0 aliphatic carbocycles. The summed E-state index contributed by atoms with van der Waals surface area (Å²) in [5, 5.41) is 0. The topological polar surface area (TPSA) is 0 Å². The Morgan fingerprint density at radius 3 is 1.52 bits per heavy atom. The zero-order valence-electron chi connectivity index (χ0n) is 15.7. The van der Waals surface area contributed by atoms with Crippen molar-refractivity contribution >= 4 is 11.8 Å². The van der Waals surface area contributed by atoms with Crippen molar-refractivity contribution in [3.05, 3.63) is 28.8 Å². The molecule has 0 saturated carbocycles. The number of thioether (sulfide) groups is 1. The first kappa shape index (κ1) is 20.6. The Kier molecular flexibility index (Phi) is 10.1. The predicted octanol–water partition coefficient (Wildman–Crippen LogP) is 7.59. The molecule has 1 heteroatoms. The van der Waals surface area contributed by atoms with E-state index in [1.165, 1.54) is 17.7 Å². The van der Waals surface area contributed by atoms with Crippen LogP contribution < -0.4 is 0 Å². The van der Waals surface area contributed by atoms with E-state index in [1.807, 2.05) is 13.8 Å². The summed E-state index contributed by atoms with van der Waals surface area (Å²) in [4.78, 5) is 1.55. The van der Waals surface area contributed by atoms with Crippen LogP contribution in [0.15, 0.2) is 17.0 Å². The smallest absolute Gasteiger partial charge is 0.0141 e. The van der Waals surface area contributed by atoms with Gasteiger partial charge < -0.3 is 0 Å². The van der Waals surface area contributed by atoms with Gasteiger partial charge in [-0.25, -0.2) is 0 Å². The molecule has 0 aromatic heterocycles. The summed E-state index contributed by atoms with van der Waals surface area (Å²) in [6, 6.07) is 4.89. The minimum absolute atomic E-state index is 0.607. The summed E-state index contributed by atoms with van der Waals surface area (Å²) in [6.07, 6.45) is 1.24. The summed E-state index contributed by atoms with van der Waals surface area (Å²) in [5.74, 6) is 3.05. The zero-order chi connectivity index (χ0) is 16.6. The molecule has 0 atom stereocenters. The molecule has 0 radical (unpaired) electrons. The van der Waals surface area contributed by atoms with Gasteiger partial charge in [0.25, 0.3) is 0 Å². The van der Waals surface area contributed by atoms with E-state index >= 15 is 0 Å². The Hall–Kier alpha value is -0.430. The van der Waals surface area contributed by atoms with Crippen LogP contribution in [0.4, 0.5) is 0 Å². The Morgan fingerprint density at radius 2 is 1.24 bits per heavy atom. The maximum atomic E-state index is 2.44. The van der Waals surface area contributed by atoms with E-state index in [1.54, 1.807) is 16.0 Å². The van der Waals surface area contributed by atoms with Crippen LogP contribution in [0.2, 0.25) is 0 Å². The summed E-state index contributed by atoms with van der Waals surface area (Å²) in [6.45, 7) is 20.1. The molecular formula is C20H36S. The van der Waals surface area contributed by atoms with Gasteiger partial charge in [0, 0.05) is 4.90 Å². The molecule has 0 aliphatic rings. The molecule has 0 bridgehead atoms. The fourth-order valence-corrected chi connectivity index (χ4v) is 3.59. The molecule has 0 saturated heterocycles. The van der Waals surface area contributed by atoms with Gasteiger partial charge in [0.15, 0.2) is 0 Å². The Bertz CT molecular complexity index is 373. The van der Waals surface area contributed by atoms with Gasteiger partial charge in [-0.1, -0.05) is 74.4 Å². The molecule has 0 spiro atoms. The molecule has 122 valence electrons. The Labute approximate surface area is 138 Å². The Balaban J connectivity index is 0.00000191. The van der Waals surface area contributed by atoms with Gasteiger partial charge in [-0.2, -0.15) is 0 Å². The lowest BCUT2D eigenvalue weighted by Crippen LogP contribution is -2.03. The summed E-state index contributed by atoms with van der Waals surface area (Å²) in [7, 11) is 0. The minimum Gasteiger partial charge on any atom is -0.126 e. The fourth-order valence-electron chi connectivity index (χ4n) is 2.26. The lowest BCUT2D eigenvalue weighted by atomic mass is 9.89. The van der Waals surface area contributed by atoms with Crippen molar-refractivity contribution < 1.29 is 0 Å². The van der Waals surface area contributed by atoms with Gasteiger partial charge in [0.2, 0.25) is 0 Å². The monoisotopic (exact) mass is 308 g/mol. The molecule has 21 heavy (non-hydrogen) atoms. The van der Waals surface area contributed by atoms with Gasteiger partial charge in [0.05, 0.1) is 0 Å². The van der Waals surface area contributed by atoms with Crippen molar-refractivity contribution in [2.24, 2.45) is 0 Å². The van der Waals surface area contributed by atoms with E-state index < -0.39 is 0 Å². The first-order valence-electron chi connectivity index (χ1n) is 8.68. The molecule has 0 fully saturated rings. The van der Waals surface area contributed by atoms with Crippen molar-refractivity contribution in [2.45, 2.75) is 91.4 Å². The summed E-state index contributed by atoms with van der Waals surface area (Å²) < 4.78 is 0. The second kappa shape index (κ2) is 10.3. The Morgan fingerprint density at radius 1 is 0.810 bits per heavy atom. The predicted molar refractivity (Wildman–Crippen MR) is 101 cm³/mol. The van der Waals surface area contributed by atoms with Crippen LogP contribution in [0.1, 0.15) is 103 Å². The standard InChI is InChI=1S/C18H30S.C2H6/c1-8-9-19-18-16(13(4)5)10-15(12(2)3)11-17(18)14(6)7;1-2/h10-14H,8-9H2,1-7H3;1-2H3. The van der Waals surface area contributed by atoms with E-state index in [-0.39, 0.29) is 0 Å². The summed E-state index contributed by atoms with van der Waals surface area (Å²) in [5.41, 5.74) is 4.59. The van der Waals surface area contributed by atoms with Crippen molar-refractivity contribution in [1.29, 1.82) is 0 Å². The average molecular weight is 309 g/mol. The van der Waals surface area contributed by atoms with Gasteiger partial charge >= 0.3 is 0 Å². The second-order valence-electron chi connectivity index (χ2n) is 6.34. The third kappa shape index (κ3) is 6.06. The highest BCUT2D eigenvalue weighted by molar-refractivity contribution is 7.99. The average Bonchev–Trinajstić information content (AvgIpc) is 2.45. The molecule has 0 nitrogen and oxygen atoms in total. The number of hydrogen-bond acceptors (Lipinski definition) is 1. The molecule has 1 aromatic rings. The van der Waals surface area contributed by atoms with Crippen LogP contribution in [0.3, 0.4) is 0 Å². The van der Waals surface area contributed by atoms with Gasteiger partial charge in [-0.3, -0.25) is 0 Å². The van der Waals surface area contributed by atoms with Gasteiger partial charge in [-0.05, 0) is 46.6 Å².